The third kappa shape index (κ3) is 9.90. The molecule has 1 aliphatic rings. The first-order valence-corrected chi connectivity index (χ1v) is 8.20. The molecule has 0 aromatic heterocycles. The summed E-state index contributed by atoms with van der Waals surface area (Å²) in [5, 5.41) is 0. The van der Waals surface area contributed by atoms with Crippen molar-refractivity contribution in [1.82, 2.24) is 4.90 Å². The molecule has 0 aliphatic heterocycles. The molecular formula is C16H36N2. The maximum Gasteiger partial charge on any atom is 0.000965 e. The van der Waals surface area contributed by atoms with Gasteiger partial charge in [-0.05, 0) is 57.7 Å². The summed E-state index contributed by atoms with van der Waals surface area (Å²) in [6.45, 7) is 11.5. The number of hydrogen-bond acceptors (Lipinski definition) is 2. The summed E-state index contributed by atoms with van der Waals surface area (Å²) in [5.74, 6) is 1.02. The van der Waals surface area contributed by atoms with Crippen LogP contribution in [0.2, 0.25) is 0 Å². The zero-order valence-electron chi connectivity index (χ0n) is 13.1. The fraction of sp³-hybridized carbons (Fsp3) is 1.00. The Balaban J connectivity index is 0.000000631. The van der Waals surface area contributed by atoms with Gasteiger partial charge in [-0.1, -0.05) is 40.0 Å². The third-order valence-corrected chi connectivity index (χ3v) is 3.61. The van der Waals surface area contributed by atoms with E-state index in [0.29, 0.717) is 0 Å². The summed E-state index contributed by atoms with van der Waals surface area (Å²) in [6.07, 6.45) is 11.2. The minimum atomic E-state index is 0.819. The van der Waals surface area contributed by atoms with Crippen LogP contribution in [-0.2, 0) is 0 Å². The molecule has 1 aliphatic carbocycles. The quantitative estimate of drug-likeness (QED) is 0.745. The van der Waals surface area contributed by atoms with Gasteiger partial charge in [0.25, 0.3) is 0 Å². The van der Waals surface area contributed by atoms with E-state index in [-0.39, 0.29) is 0 Å². The van der Waals surface area contributed by atoms with Crippen molar-refractivity contribution >= 4 is 0 Å². The second-order valence-electron chi connectivity index (χ2n) is 5.59. The molecule has 18 heavy (non-hydrogen) atoms. The Morgan fingerprint density at radius 1 is 0.889 bits per heavy atom. The first-order chi connectivity index (χ1) is 8.78. The van der Waals surface area contributed by atoms with Crippen molar-refractivity contribution in [3.63, 3.8) is 0 Å². The van der Waals surface area contributed by atoms with E-state index in [2.05, 4.69) is 25.7 Å². The largest absolute Gasteiger partial charge is 0.330 e. The van der Waals surface area contributed by atoms with Crippen LogP contribution in [0.4, 0.5) is 0 Å². The van der Waals surface area contributed by atoms with Gasteiger partial charge in [-0.3, -0.25) is 0 Å². The molecule has 0 aromatic carbocycles. The summed E-state index contributed by atoms with van der Waals surface area (Å²) in [5.41, 5.74) is 5.03. The molecule has 1 fully saturated rings. The summed E-state index contributed by atoms with van der Waals surface area (Å²) in [4.78, 5) is 2.68. The van der Waals surface area contributed by atoms with Crippen molar-refractivity contribution in [2.45, 2.75) is 72.1 Å². The van der Waals surface area contributed by atoms with Crippen molar-refractivity contribution in [3.8, 4) is 0 Å². The molecule has 1 saturated carbocycles. The summed E-state index contributed by atoms with van der Waals surface area (Å²) >= 11 is 0. The number of nitrogens with two attached hydrogens (primary N) is 1. The SMILES string of the molecule is CCCN.CCCN(CCC)CC1CCCCC1. The molecule has 2 N–H and O–H groups in total. The molecule has 110 valence electrons. The number of hydrogen-bond donors (Lipinski definition) is 1. The molecule has 0 amide bonds. The van der Waals surface area contributed by atoms with Crippen LogP contribution in [0, 0.1) is 5.92 Å². The zero-order chi connectivity index (χ0) is 13.6. The smallest absolute Gasteiger partial charge is 0.000965 e. The molecule has 0 unspecified atom stereocenters. The highest BCUT2D eigenvalue weighted by Gasteiger charge is 2.16. The number of rotatable bonds is 7. The van der Waals surface area contributed by atoms with Gasteiger partial charge in [-0.25, -0.2) is 0 Å². The fourth-order valence-electron chi connectivity index (χ4n) is 2.66. The topological polar surface area (TPSA) is 29.3 Å². The molecule has 1 rings (SSSR count). The van der Waals surface area contributed by atoms with E-state index in [0.717, 1.165) is 18.9 Å². The van der Waals surface area contributed by atoms with E-state index in [9.17, 15) is 0 Å². The Bertz CT molecular complexity index is 145. The monoisotopic (exact) mass is 256 g/mol. The van der Waals surface area contributed by atoms with E-state index in [4.69, 9.17) is 5.73 Å². The summed E-state index contributed by atoms with van der Waals surface area (Å²) in [7, 11) is 0. The van der Waals surface area contributed by atoms with Crippen LogP contribution in [0.15, 0.2) is 0 Å². The Labute approximate surface area is 115 Å². The average molecular weight is 256 g/mol. The summed E-state index contributed by atoms with van der Waals surface area (Å²) in [6, 6.07) is 0. The third-order valence-electron chi connectivity index (χ3n) is 3.61. The molecule has 0 atom stereocenters. The second-order valence-corrected chi connectivity index (χ2v) is 5.59. The first kappa shape index (κ1) is 17.9. The Morgan fingerprint density at radius 3 is 1.78 bits per heavy atom. The van der Waals surface area contributed by atoms with Gasteiger partial charge in [0.2, 0.25) is 0 Å². The molecule has 0 bridgehead atoms. The lowest BCUT2D eigenvalue weighted by molar-refractivity contribution is 0.201. The second kappa shape index (κ2) is 13.4. The zero-order valence-corrected chi connectivity index (χ0v) is 13.1. The van der Waals surface area contributed by atoms with Gasteiger partial charge in [-0.15, -0.1) is 0 Å². The molecule has 0 spiro atoms. The van der Waals surface area contributed by atoms with Gasteiger partial charge in [-0.2, -0.15) is 0 Å². The Morgan fingerprint density at radius 2 is 1.39 bits per heavy atom. The lowest BCUT2D eigenvalue weighted by Gasteiger charge is -2.29. The predicted molar refractivity (Wildman–Crippen MR) is 82.9 cm³/mol. The van der Waals surface area contributed by atoms with Crippen molar-refractivity contribution in [2.75, 3.05) is 26.2 Å². The van der Waals surface area contributed by atoms with Crippen molar-refractivity contribution in [2.24, 2.45) is 11.7 Å². The molecule has 2 nitrogen and oxygen atoms in total. The van der Waals surface area contributed by atoms with Gasteiger partial charge >= 0.3 is 0 Å². The lowest BCUT2D eigenvalue weighted by Crippen LogP contribution is -2.31. The van der Waals surface area contributed by atoms with E-state index >= 15 is 0 Å². The molecule has 2 heteroatoms. The molecule has 0 aromatic rings. The van der Waals surface area contributed by atoms with Crippen molar-refractivity contribution in [3.05, 3.63) is 0 Å². The van der Waals surface area contributed by atoms with Crippen molar-refractivity contribution < 1.29 is 0 Å². The van der Waals surface area contributed by atoms with E-state index in [1.807, 2.05) is 0 Å². The standard InChI is InChI=1S/C13H27N.C3H9N/c1-3-10-14(11-4-2)12-13-8-6-5-7-9-13;1-2-3-4/h13H,3-12H2,1-2H3;2-4H2,1H3. The first-order valence-electron chi connectivity index (χ1n) is 8.20. The summed E-state index contributed by atoms with van der Waals surface area (Å²) < 4.78 is 0. The minimum absolute atomic E-state index is 0.819. The van der Waals surface area contributed by atoms with Crippen LogP contribution in [-0.4, -0.2) is 31.1 Å². The lowest BCUT2D eigenvalue weighted by atomic mass is 9.89. The molecule has 0 radical (unpaired) electrons. The Hall–Kier alpha value is -0.0800. The normalized spacial score (nSPS) is 16.5. The van der Waals surface area contributed by atoms with Crippen LogP contribution < -0.4 is 5.73 Å². The predicted octanol–water partition coefficient (Wildman–Crippen LogP) is 4.04. The van der Waals surface area contributed by atoms with E-state index in [1.54, 1.807) is 0 Å². The van der Waals surface area contributed by atoms with Gasteiger partial charge in [0.05, 0.1) is 0 Å². The highest BCUT2D eigenvalue weighted by molar-refractivity contribution is 4.70. The molecular weight excluding hydrogens is 220 g/mol. The van der Waals surface area contributed by atoms with E-state index < -0.39 is 0 Å². The highest BCUT2D eigenvalue weighted by Crippen LogP contribution is 2.24. The average Bonchev–Trinajstić information content (AvgIpc) is 2.41. The van der Waals surface area contributed by atoms with Crippen molar-refractivity contribution in [1.29, 1.82) is 0 Å². The van der Waals surface area contributed by atoms with E-state index in [1.165, 1.54) is 64.6 Å². The van der Waals surface area contributed by atoms with Crippen LogP contribution in [0.3, 0.4) is 0 Å². The van der Waals surface area contributed by atoms with Gasteiger partial charge < -0.3 is 10.6 Å². The van der Waals surface area contributed by atoms with Crippen LogP contribution in [0.1, 0.15) is 72.1 Å². The van der Waals surface area contributed by atoms with Crippen LogP contribution in [0.5, 0.6) is 0 Å². The van der Waals surface area contributed by atoms with Crippen LogP contribution >= 0.6 is 0 Å². The minimum Gasteiger partial charge on any atom is -0.330 e. The Kier molecular flexibility index (Phi) is 13.3. The molecule has 0 saturated heterocycles. The fourth-order valence-corrected chi connectivity index (χ4v) is 2.66. The highest BCUT2D eigenvalue weighted by atomic mass is 15.1. The van der Waals surface area contributed by atoms with Gasteiger partial charge in [0.1, 0.15) is 0 Å². The molecule has 0 heterocycles. The van der Waals surface area contributed by atoms with Crippen LogP contribution in [0.25, 0.3) is 0 Å². The maximum absolute atomic E-state index is 5.03. The van der Waals surface area contributed by atoms with Gasteiger partial charge in [0.15, 0.2) is 0 Å². The number of nitrogens with zero attached hydrogens (tertiary/aromatic N) is 1. The van der Waals surface area contributed by atoms with Gasteiger partial charge in [0, 0.05) is 6.54 Å². The maximum atomic E-state index is 5.03.